The van der Waals surface area contributed by atoms with Gasteiger partial charge in [0.25, 0.3) is 11.8 Å². The molecule has 2 N–H and O–H groups in total. The van der Waals surface area contributed by atoms with Crippen molar-refractivity contribution in [3.8, 4) is 17.2 Å². The van der Waals surface area contributed by atoms with Crippen LogP contribution in [-0.4, -0.2) is 43.2 Å². The van der Waals surface area contributed by atoms with E-state index in [0.29, 0.717) is 17.2 Å². The molecule has 0 bridgehead atoms. The number of nitrogens with one attached hydrogen (secondary N) is 2. The van der Waals surface area contributed by atoms with Crippen LogP contribution in [0.1, 0.15) is 12.5 Å². The van der Waals surface area contributed by atoms with Crippen molar-refractivity contribution in [3.05, 3.63) is 54.1 Å². The van der Waals surface area contributed by atoms with Crippen LogP contribution in [0.4, 0.5) is 0 Å². The highest BCUT2D eigenvalue weighted by Crippen LogP contribution is 2.30. The zero-order valence-electron chi connectivity index (χ0n) is 16.5. The first-order valence-electron chi connectivity index (χ1n) is 9.29. The van der Waals surface area contributed by atoms with Crippen LogP contribution in [0, 0.1) is 6.92 Å². The van der Waals surface area contributed by atoms with Gasteiger partial charge in [-0.25, -0.2) is 4.79 Å². The number of ether oxygens (including phenoxy) is 4. The number of carbonyl (C=O) groups excluding carboxylic acids is 3. The van der Waals surface area contributed by atoms with Crippen molar-refractivity contribution in [1.29, 1.82) is 0 Å². The van der Waals surface area contributed by atoms with E-state index in [4.69, 9.17) is 18.9 Å². The van der Waals surface area contributed by atoms with Gasteiger partial charge in [0.2, 0.25) is 6.10 Å². The fourth-order valence-electron chi connectivity index (χ4n) is 2.59. The van der Waals surface area contributed by atoms with Crippen molar-refractivity contribution in [2.45, 2.75) is 26.1 Å². The molecule has 0 spiro atoms. The Labute approximate surface area is 173 Å². The Bertz CT molecular complexity index is 931. The first kappa shape index (κ1) is 21.0. The number of para-hydroxylation sites is 2. The number of rotatable bonds is 6. The van der Waals surface area contributed by atoms with Gasteiger partial charge in [-0.2, -0.15) is 0 Å². The highest BCUT2D eigenvalue weighted by atomic mass is 16.6. The van der Waals surface area contributed by atoms with Crippen molar-refractivity contribution in [2.24, 2.45) is 0 Å². The summed E-state index contributed by atoms with van der Waals surface area (Å²) in [6.07, 6.45) is -1.83. The standard InChI is InChI=1S/C21H22N2O7/c1-13-6-5-7-15(10-13)29-14(2)21(26)28-12-19(24)22-23-20(25)18-11-27-16-8-3-4-9-17(16)30-18/h3-10,14,18H,11-12H2,1-2H3,(H,22,24)(H,23,25)/t14-,18-/m1/s1. The molecule has 1 aliphatic heterocycles. The van der Waals surface area contributed by atoms with Crippen LogP contribution in [0.15, 0.2) is 48.5 Å². The van der Waals surface area contributed by atoms with Crippen LogP contribution in [0.5, 0.6) is 17.2 Å². The van der Waals surface area contributed by atoms with Gasteiger partial charge >= 0.3 is 5.97 Å². The van der Waals surface area contributed by atoms with E-state index in [1.807, 2.05) is 13.0 Å². The van der Waals surface area contributed by atoms with Crippen LogP contribution >= 0.6 is 0 Å². The molecule has 0 radical (unpaired) electrons. The van der Waals surface area contributed by atoms with Gasteiger partial charge in [0.05, 0.1) is 0 Å². The van der Waals surface area contributed by atoms with E-state index in [0.717, 1.165) is 5.56 Å². The zero-order chi connectivity index (χ0) is 21.5. The molecular formula is C21H22N2O7. The minimum Gasteiger partial charge on any atom is -0.485 e. The molecule has 9 heteroatoms. The molecule has 0 saturated carbocycles. The molecule has 0 unspecified atom stereocenters. The number of fused-ring (bicyclic) bond motifs is 1. The largest absolute Gasteiger partial charge is 0.485 e. The molecule has 2 amide bonds. The molecule has 2 aromatic carbocycles. The Balaban J connectivity index is 1.38. The quantitative estimate of drug-likeness (QED) is 0.541. The normalized spacial score (nSPS) is 15.5. The van der Waals surface area contributed by atoms with Crippen LogP contribution < -0.4 is 25.1 Å². The molecular weight excluding hydrogens is 392 g/mol. The number of carbonyl (C=O) groups is 3. The van der Waals surface area contributed by atoms with Gasteiger partial charge in [-0.15, -0.1) is 0 Å². The van der Waals surface area contributed by atoms with Gasteiger partial charge in [-0.1, -0.05) is 24.3 Å². The van der Waals surface area contributed by atoms with E-state index in [9.17, 15) is 14.4 Å². The molecule has 30 heavy (non-hydrogen) atoms. The van der Waals surface area contributed by atoms with Gasteiger partial charge < -0.3 is 18.9 Å². The van der Waals surface area contributed by atoms with Gasteiger partial charge in [-0.3, -0.25) is 20.4 Å². The molecule has 0 aromatic heterocycles. The average molecular weight is 414 g/mol. The van der Waals surface area contributed by atoms with E-state index < -0.39 is 36.6 Å². The number of amides is 2. The van der Waals surface area contributed by atoms with Crippen molar-refractivity contribution >= 4 is 17.8 Å². The third kappa shape index (κ3) is 5.63. The number of benzene rings is 2. The Morgan fingerprint density at radius 1 is 1.10 bits per heavy atom. The van der Waals surface area contributed by atoms with Crippen LogP contribution in [-0.2, 0) is 19.1 Å². The summed E-state index contributed by atoms with van der Waals surface area (Å²) >= 11 is 0. The second kappa shape index (κ2) is 9.64. The van der Waals surface area contributed by atoms with E-state index in [1.54, 1.807) is 42.5 Å². The molecule has 0 saturated heterocycles. The zero-order valence-corrected chi connectivity index (χ0v) is 16.5. The average Bonchev–Trinajstić information content (AvgIpc) is 2.75. The monoisotopic (exact) mass is 414 g/mol. The number of hydrazine groups is 1. The second-order valence-corrected chi connectivity index (χ2v) is 6.59. The predicted octanol–water partition coefficient (Wildman–Crippen LogP) is 1.29. The number of hydrogen-bond acceptors (Lipinski definition) is 7. The van der Waals surface area contributed by atoms with Crippen molar-refractivity contribution in [3.63, 3.8) is 0 Å². The third-order valence-electron chi connectivity index (χ3n) is 4.11. The Kier molecular flexibility index (Phi) is 6.74. The highest BCUT2D eigenvalue weighted by molar-refractivity contribution is 5.86. The molecule has 2 aromatic rings. The van der Waals surface area contributed by atoms with Crippen molar-refractivity contribution < 1.29 is 33.3 Å². The molecule has 1 aliphatic rings. The molecule has 9 nitrogen and oxygen atoms in total. The summed E-state index contributed by atoms with van der Waals surface area (Å²) in [5.74, 6) is -0.519. The fourth-order valence-corrected chi connectivity index (χ4v) is 2.59. The Morgan fingerprint density at radius 3 is 2.63 bits per heavy atom. The van der Waals surface area contributed by atoms with Crippen LogP contribution in [0.3, 0.4) is 0 Å². The van der Waals surface area contributed by atoms with Gasteiger partial charge in [0, 0.05) is 0 Å². The van der Waals surface area contributed by atoms with Gasteiger partial charge in [0.1, 0.15) is 12.4 Å². The molecule has 3 rings (SSSR count). The number of esters is 1. The molecule has 2 atom stereocenters. The van der Waals surface area contributed by atoms with Gasteiger partial charge in [-0.05, 0) is 43.7 Å². The summed E-state index contributed by atoms with van der Waals surface area (Å²) in [7, 11) is 0. The lowest BCUT2D eigenvalue weighted by Gasteiger charge is -2.25. The molecule has 158 valence electrons. The van der Waals surface area contributed by atoms with E-state index in [2.05, 4.69) is 10.9 Å². The lowest BCUT2D eigenvalue weighted by Crippen LogP contribution is -2.51. The van der Waals surface area contributed by atoms with Gasteiger partial charge in [0.15, 0.2) is 24.2 Å². The maximum absolute atomic E-state index is 12.1. The SMILES string of the molecule is Cc1cccc(O[C@H](C)C(=O)OCC(=O)NNC(=O)[C@H]2COc3ccccc3O2)c1. The molecule has 0 aliphatic carbocycles. The molecule has 0 fully saturated rings. The Hall–Kier alpha value is -3.75. The number of aryl methyl sites for hydroxylation is 1. The van der Waals surface area contributed by atoms with Crippen LogP contribution in [0.25, 0.3) is 0 Å². The lowest BCUT2D eigenvalue weighted by atomic mass is 10.2. The summed E-state index contributed by atoms with van der Waals surface area (Å²) in [5, 5.41) is 0. The highest BCUT2D eigenvalue weighted by Gasteiger charge is 2.27. The first-order chi connectivity index (χ1) is 14.4. The second-order valence-electron chi connectivity index (χ2n) is 6.59. The van der Waals surface area contributed by atoms with E-state index in [-0.39, 0.29) is 6.61 Å². The van der Waals surface area contributed by atoms with E-state index in [1.165, 1.54) is 6.92 Å². The minimum absolute atomic E-state index is 0.00150. The first-order valence-corrected chi connectivity index (χ1v) is 9.29. The summed E-state index contributed by atoms with van der Waals surface area (Å²) in [6, 6.07) is 14.1. The third-order valence-corrected chi connectivity index (χ3v) is 4.11. The summed E-state index contributed by atoms with van der Waals surface area (Å²) in [4.78, 5) is 36.0. The van der Waals surface area contributed by atoms with Crippen molar-refractivity contribution in [2.75, 3.05) is 13.2 Å². The van der Waals surface area contributed by atoms with Crippen molar-refractivity contribution in [1.82, 2.24) is 10.9 Å². The maximum Gasteiger partial charge on any atom is 0.347 e. The lowest BCUT2D eigenvalue weighted by molar-refractivity contribution is -0.155. The Morgan fingerprint density at radius 2 is 1.87 bits per heavy atom. The fraction of sp³-hybridized carbons (Fsp3) is 0.286. The maximum atomic E-state index is 12.1. The summed E-state index contributed by atoms with van der Waals surface area (Å²) in [5.41, 5.74) is 5.36. The molecule has 1 heterocycles. The predicted molar refractivity (Wildman–Crippen MR) is 105 cm³/mol. The van der Waals surface area contributed by atoms with Crippen LogP contribution in [0.2, 0.25) is 0 Å². The smallest absolute Gasteiger partial charge is 0.347 e. The minimum atomic E-state index is -0.925. The topological polar surface area (TPSA) is 112 Å². The number of hydrogen-bond donors (Lipinski definition) is 2. The van der Waals surface area contributed by atoms with E-state index >= 15 is 0 Å². The summed E-state index contributed by atoms with van der Waals surface area (Å²) < 4.78 is 21.4. The summed E-state index contributed by atoms with van der Waals surface area (Å²) in [6.45, 7) is 2.84.